The van der Waals surface area contributed by atoms with Crippen molar-refractivity contribution in [2.24, 2.45) is 0 Å². The van der Waals surface area contributed by atoms with Gasteiger partial charge in [-0.05, 0) is 13.1 Å². The molecule has 1 aromatic carbocycles. The lowest BCUT2D eigenvalue weighted by atomic mass is 10.1. The molecule has 0 radical (unpaired) electrons. The van der Waals surface area contributed by atoms with Gasteiger partial charge in [0.2, 0.25) is 0 Å². The van der Waals surface area contributed by atoms with Gasteiger partial charge in [0.05, 0.1) is 5.56 Å². The van der Waals surface area contributed by atoms with Gasteiger partial charge in [-0.15, -0.1) is 0 Å². The Morgan fingerprint density at radius 1 is 1.56 bits per heavy atom. The van der Waals surface area contributed by atoms with E-state index in [9.17, 15) is 4.39 Å². The summed E-state index contributed by atoms with van der Waals surface area (Å²) in [5.74, 6) is -0.385. The molecule has 0 atom stereocenters. The number of benzene rings is 1. The largest absolute Gasteiger partial charge is 0.314 e. The molecule has 1 saturated heterocycles. The Labute approximate surface area is 94.5 Å². The van der Waals surface area contributed by atoms with Crippen molar-refractivity contribution in [2.45, 2.75) is 12.6 Å². The van der Waals surface area contributed by atoms with Crippen LogP contribution in [0.2, 0.25) is 0 Å². The zero-order chi connectivity index (χ0) is 11.5. The molecule has 1 heterocycles. The van der Waals surface area contributed by atoms with E-state index in [-0.39, 0.29) is 11.4 Å². The number of hydrogen-bond acceptors (Lipinski definition) is 3. The molecule has 4 heteroatoms. The molecule has 0 spiro atoms. The number of nitrogens with one attached hydrogen (secondary N) is 1. The van der Waals surface area contributed by atoms with Crippen molar-refractivity contribution in [3.8, 4) is 6.07 Å². The Hall–Kier alpha value is -1.44. The average molecular weight is 219 g/mol. The van der Waals surface area contributed by atoms with Crippen LogP contribution >= 0.6 is 0 Å². The Bertz CT molecular complexity index is 421. The lowest BCUT2D eigenvalue weighted by Crippen LogP contribution is -2.55. The van der Waals surface area contributed by atoms with Crippen LogP contribution in [0.5, 0.6) is 0 Å². The van der Waals surface area contributed by atoms with Gasteiger partial charge >= 0.3 is 0 Å². The van der Waals surface area contributed by atoms with Crippen molar-refractivity contribution < 1.29 is 4.39 Å². The highest BCUT2D eigenvalue weighted by Crippen LogP contribution is 2.15. The molecular formula is C12H14FN3. The normalized spacial score (nSPS) is 15.9. The number of rotatable bonds is 3. The summed E-state index contributed by atoms with van der Waals surface area (Å²) >= 11 is 0. The van der Waals surface area contributed by atoms with Crippen LogP contribution in [0.4, 0.5) is 4.39 Å². The third-order valence-electron chi connectivity index (χ3n) is 3.00. The molecule has 0 saturated carbocycles. The first kappa shape index (κ1) is 11.1. The summed E-state index contributed by atoms with van der Waals surface area (Å²) in [6.07, 6.45) is 0. The standard InChI is InChI=1S/C12H14FN3/c1-16(11-6-15-7-11)8-10-4-2-3-9(5-14)12(10)13/h2-4,11,15H,6-8H2,1H3. The Morgan fingerprint density at radius 2 is 2.31 bits per heavy atom. The summed E-state index contributed by atoms with van der Waals surface area (Å²) in [5, 5.41) is 11.9. The van der Waals surface area contributed by atoms with Gasteiger partial charge in [-0.25, -0.2) is 4.39 Å². The number of halogens is 1. The fourth-order valence-corrected chi connectivity index (χ4v) is 1.77. The molecule has 1 aliphatic heterocycles. The van der Waals surface area contributed by atoms with Gasteiger partial charge in [0, 0.05) is 31.2 Å². The molecular weight excluding hydrogens is 205 g/mol. The van der Waals surface area contributed by atoms with Gasteiger partial charge in [0.25, 0.3) is 0 Å². The van der Waals surface area contributed by atoms with Gasteiger partial charge in [0.15, 0.2) is 0 Å². The minimum absolute atomic E-state index is 0.123. The minimum atomic E-state index is -0.385. The number of likely N-dealkylation sites (N-methyl/N-ethyl adjacent to an activating group) is 1. The lowest BCUT2D eigenvalue weighted by Gasteiger charge is -2.35. The Morgan fingerprint density at radius 3 is 2.88 bits per heavy atom. The van der Waals surface area contributed by atoms with Crippen molar-refractivity contribution in [1.29, 1.82) is 5.26 Å². The summed E-state index contributed by atoms with van der Waals surface area (Å²) in [6, 6.07) is 7.30. The first-order valence-corrected chi connectivity index (χ1v) is 5.31. The van der Waals surface area contributed by atoms with Crippen LogP contribution in [-0.2, 0) is 6.54 Å². The second-order valence-electron chi connectivity index (χ2n) is 4.12. The van der Waals surface area contributed by atoms with Gasteiger partial charge < -0.3 is 5.32 Å². The van der Waals surface area contributed by atoms with Crippen LogP contribution in [0.25, 0.3) is 0 Å². The van der Waals surface area contributed by atoms with Crippen LogP contribution in [-0.4, -0.2) is 31.1 Å². The van der Waals surface area contributed by atoms with Crippen LogP contribution in [0.3, 0.4) is 0 Å². The zero-order valence-electron chi connectivity index (χ0n) is 9.20. The number of hydrogen-bond donors (Lipinski definition) is 1. The highest BCUT2D eigenvalue weighted by Gasteiger charge is 2.22. The summed E-state index contributed by atoms with van der Waals surface area (Å²) < 4.78 is 13.8. The van der Waals surface area contributed by atoms with Crippen molar-refractivity contribution in [3.63, 3.8) is 0 Å². The highest BCUT2D eigenvalue weighted by molar-refractivity contribution is 5.34. The molecule has 0 unspecified atom stereocenters. The molecule has 0 aliphatic carbocycles. The van der Waals surface area contributed by atoms with Gasteiger partial charge in [-0.3, -0.25) is 4.90 Å². The number of nitriles is 1. The Kier molecular flexibility index (Phi) is 3.18. The van der Waals surface area contributed by atoms with Crippen LogP contribution in [0.1, 0.15) is 11.1 Å². The summed E-state index contributed by atoms with van der Waals surface area (Å²) in [7, 11) is 1.98. The Balaban J connectivity index is 2.12. The fraction of sp³-hybridized carbons (Fsp3) is 0.417. The van der Waals surface area contributed by atoms with E-state index in [0.29, 0.717) is 18.2 Å². The summed E-state index contributed by atoms with van der Waals surface area (Å²) in [4.78, 5) is 2.11. The smallest absolute Gasteiger partial charge is 0.145 e. The molecule has 84 valence electrons. The summed E-state index contributed by atoms with van der Waals surface area (Å²) in [6.45, 7) is 2.46. The average Bonchev–Trinajstić information content (AvgIpc) is 2.18. The molecule has 0 aromatic heterocycles. The van der Waals surface area contributed by atoms with E-state index in [4.69, 9.17) is 5.26 Å². The van der Waals surface area contributed by atoms with E-state index in [1.54, 1.807) is 12.1 Å². The van der Waals surface area contributed by atoms with Crippen molar-refractivity contribution in [3.05, 3.63) is 35.1 Å². The van der Waals surface area contributed by atoms with Crippen molar-refractivity contribution in [2.75, 3.05) is 20.1 Å². The van der Waals surface area contributed by atoms with Crippen LogP contribution in [0.15, 0.2) is 18.2 Å². The van der Waals surface area contributed by atoms with Gasteiger partial charge in [0.1, 0.15) is 11.9 Å². The maximum Gasteiger partial charge on any atom is 0.145 e. The maximum atomic E-state index is 13.8. The first-order chi connectivity index (χ1) is 7.72. The van der Waals surface area contributed by atoms with E-state index < -0.39 is 0 Å². The quantitative estimate of drug-likeness (QED) is 0.827. The first-order valence-electron chi connectivity index (χ1n) is 5.31. The molecule has 1 aromatic rings. The summed E-state index contributed by atoms with van der Waals surface area (Å²) in [5.41, 5.74) is 0.714. The fourth-order valence-electron chi connectivity index (χ4n) is 1.77. The zero-order valence-corrected chi connectivity index (χ0v) is 9.20. The van der Waals surface area contributed by atoms with E-state index in [0.717, 1.165) is 13.1 Å². The molecule has 1 N–H and O–H groups in total. The molecule has 3 nitrogen and oxygen atoms in total. The van der Waals surface area contributed by atoms with E-state index in [1.165, 1.54) is 6.07 Å². The monoisotopic (exact) mass is 219 g/mol. The predicted molar refractivity (Wildman–Crippen MR) is 59.2 cm³/mol. The molecule has 1 aliphatic rings. The SMILES string of the molecule is CN(Cc1cccc(C#N)c1F)C1CNC1. The van der Waals surface area contributed by atoms with E-state index in [1.807, 2.05) is 13.1 Å². The maximum absolute atomic E-state index is 13.8. The topological polar surface area (TPSA) is 39.1 Å². The minimum Gasteiger partial charge on any atom is -0.314 e. The molecule has 1 fully saturated rings. The predicted octanol–water partition coefficient (Wildman–Crippen LogP) is 1.10. The van der Waals surface area contributed by atoms with Crippen molar-refractivity contribution >= 4 is 0 Å². The van der Waals surface area contributed by atoms with Crippen molar-refractivity contribution in [1.82, 2.24) is 10.2 Å². The highest BCUT2D eigenvalue weighted by atomic mass is 19.1. The molecule has 2 rings (SSSR count). The van der Waals surface area contributed by atoms with Gasteiger partial charge in [-0.2, -0.15) is 5.26 Å². The van der Waals surface area contributed by atoms with Crippen LogP contribution in [0, 0.1) is 17.1 Å². The molecule has 0 amide bonds. The van der Waals surface area contributed by atoms with E-state index in [2.05, 4.69) is 10.2 Å². The second kappa shape index (κ2) is 4.60. The second-order valence-corrected chi connectivity index (χ2v) is 4.12. The van der Waals surface area contributed by atoms with E-state index >= 15 is 0 Å². The number of nitrogens with zero attached hydrogens (tertiary/aromatic N) is 2. The molecule has 0 bridgehead atoms. The third kappa shape index (κ3) is 2.06. The van der Waals surface area contributed by atoms with Gasteiger partial charge in [-0.1, -0.05) is 12.1 Å². The third-order valence-corrected chi connectivity index (χ3v) is 3.00. The van der Waals surface area contributed by atoms with Crippen LogP contribution < -0.4 is 5.32 Å². The lowest BCUT2D eigenvalue weighted by molar-refractivity contribution is 0.171. The molecule has 16 heavy (non-hydrogen) atoms.